The van der Waals surface area contributed by atoms with Crippen molar-refractivity contribution >= 4 is 11.9 Å². The van der Waals surface area contributed by atoms with Gasteiger partial charge in [-0.05, 0) is 30.9 Å². The van der Waals surface area contributed by atoms with Gasteiger partial charge in [0.1, 0.15) is 11.6 Å². The molecule has 2 aromatic heterocycles. The van der Waals surface area contributed by atoms with Crippen LogP contribution in [0.15, 0.2) is 16.7 Å². The second kappa shape index (κ2) is 5.11. The Morgan fingerprint density at radius 2 is 2.20 bits per heavy atom. The summed E-state index contributed by atoms with van der Waals surface area (Å²) in [7, 11) is 0. The Morgan fingerprint density at radius 3 is 3.00 bits per heavy atom. The number of nitrogens with one attached hydrogen (secondary N) is 1. The van der Waals surface area contributed by atoms with Crippen molar-refractivity contribution in [3.05, 3.63) is 29.5 Å². The monoisotopic (exact) mass is 273 g/mol. The van der Waals surface area contributed by atoms with Gasteiger partial charge in [0, 0.05) is 5.92 Å². The van der Waals surface area contributed by atoms with Crippen LogP contribution in [0.4, 0.5) is 11.9 Å². The number of nitrogens with zero attached hydrogens (tertiary/aromatic N) is 3. The standard InChI is InChI=1S/C14H19N5O/c1-8(2)12-17-13(15)19-14(18-12)16-10-5-3-4-9-6-7-20-11(9)10/h6-8,10H,3-5H2,1-2H3,(H3,15,16,17,18,19). The Morgan fingerprint density at radius 1 is 1.35 bits per heavy atom. The van der Waals surface area contributed by atoms with Gasteiger partial charge >= 0.3 is 0 Å². The molecule has 1 unspecified atom stereocenters. The summed E-state index contributed by atoms with van der Waals surface area (Å²) in [4.78, 5) is 12.8. The van der Waals surface area contributed by atoms with Crippen molar-refractivity contribution < 1.29 is 4.42 Å². The smallest absolute Gasteiger partial charge is 0.228 e. The number of rotatable bonds is 3. The van der Waals surface area contributed by atoms with E-state index in [1.807, 2.05) is 19.9 Å². The quantitative estimate of drug-likeness (QED) is 0.893. The fourth-order valence-electron chi connectivity index (χ4n) is 2.51. The molecule has 0 bridgehead atoms. The molecule has 0 saturated carbocycles. The van der Waals surface area contributed by atoms with Gasteiger partial charge in [-0.2, -0.15) is 15.0 Å². The van der Waals surface area contributed by atoms with E-state index in [-0.39, 0.29) is 17.9 Å². The van der Waals surface area contributed by atoms with E-state index in [4.69, 9.17) is 10.2 Å². The number of anilines is 2. The highest BCUT2D eigenvalue weighted by molar-refractivity contribution is 5.36. The van der Waals surface area contributed by atoms with Crippen molar-refractivity contribution in [1.29, 1.82) is 0 Å². The van der Waals surface area contributed by atoms with Gasteiger partial charge in [-0.1, -0.05) is 13.8 Å². The molecule has 6 nitrogen and oxygen atoms in total. The molecule has 3 rings (SSSR count). The van der Waals surface area contributed by atoms with Crippen molar-refractivity contribution in [1.82, 2.24) is 15.0 Å². The van der Waals surface area contributed by atoms with Crippen LogP contribution in [0.2, 0.25) is 0 Å². The van der Waals surface area contributed by atoms with E-state index in [0.29, 0.717) is 11.8 Å². The minimum atomic E-state index is 0.107. The van der Waals surface area contributed by atoms with Crippen molar-refractivity contribution in [3.8, 4) is 0 Å². The summed E-state index contributed by atoms with van der Waals surface area (Å²) in [5.41, 5.74) is 7.02. The number of fused-ring (bicyclic) bond motifs is 1. The van der Waals surface area contributed by atoms with Crippen LogP contribution in [-0.4, -0.2) is 15.0 Å². The van der Waals surface area contributed by atoms with E-state index in [1.165, 1.54) is 5.56 Å². The lowest BCUT2D eigenvalue weighted by Gasteiger charge is -2.22. The molecule has 106 valence electrons. The number of hydrogen-bond donors (Lipinski definition) is 2. The van der Waals surface area contributed by atoms with E-state index in [2.05, 4.69) is 20.3 Å². The summed E-state index contributed by atoms with van der Waals surface area (Å²) in [5.74, 6) is 2.68. The van der Waals surface area contributed by atoms with Gasteiger partial charge < -0.3 is 15.5 Å². The van der Waals surface area contributed by atoms with Gasteiger partial charge in [0.2, 0.25) is 11.9 Å². The van der Waals surface area contributed by atoms with Crippen LogP contribution in [0.1, 0.15) is 55.8 Å². The summed E-state index contributed by atoms with van der Waals surface area (Å²) in [6.45, 7) is 4.06. The van der Waals surface area contributed by atoms with Crippen LogP contribution in [-0.2, 0) is 6.42 Å². The van der Waals surface area contributed by atoms with Gasteiger partial charge in [-0.15, -0.1) is 0 Å². The number of aryl methyl sites for hydroxylation is 1. The zero-order valence-corrected chi connectivity index (χ0v) is 11.8. The molecule has 1 atom stereocenters. The highest BCUT2D eigenvalue weighted by Gasteiger charge is 2.24. The van der Waals surface area contributed by atoms with Crippen LogP contribution in [0.5, 0.6) is 0 Å². The maximum atomic E-state index is 5.75. The van der Waals surface area contributed by atoms with Gasteiger partial charge in [0.15, 0.2) is 0 Å². The SMILES string of the molecule is CC(C)c1nc(N)nc(NC2CCCc3ccoc32)n1. The number of nitrogens with two attached hydrogens (primary N) is 1. The lowest BCUT2D eigenvalue weighted by atomic mass is 9.94. The third-order valence-corrected chi connectivity index (χ3v) is 3.53. The van der Waals surface area contributed by atoms with Crippen molar-refractivity contribution in [2.45, 2.75) is 45.1 Å². The predicted molar refractivity (Wildman–Crippen MR) is 76.3 cm³/mol. The van der Waals surface area contributed by atoms with Crippen molar-refractivity contribution in [2.24, 2.45) is 0 Å². The van der Waals surface area contributed by atoms with Crippen LogP contribution >= 0.6 is 0 Å². The lowest BCUT2D eigenvalue weighted by molar-refractivity contribution is 0.436. The summed E-state index contributed by atoms with van der Waals surface area (Å²) in [5, 5.41) is 3.32. The molecule has 0 aliphatic heterocycles. The molecule has 2 heterocycles. The second-order valence-electron chi connectivity index (χ2n) is 5.43. The molecule has 0 fully saturated rings. The summed E-state index contributed by atoms with van der Waals surface area (Å²) in [6.07, 6.45) is 4.94. The third kappa shape index (κ3) is 2.45. The largest absolute Gasteiger partial charge is 0.467 e. The Hall–Kier alpha value is -2.11. The maximum Gasteiger partial charge on any atom is 0.228 e. The Bertz CT molecular complexity index is 607. The minimum absolute atomic E-state index is 0.107. The summed E-state index contributed by atoms with van der Waals surface area (Å²) in [6, 6.07) is 2.14. The number of nitrogen functional groups attached to an aromatic ring is 1. The molecule has 2 aromatic rings. The molecular formula is C14H19N5O. The van der Waals surface area contributed by atoms with Crippen molar-refractivity contribution in [2.75, 3.05) is 11.1 Å². The molecule has 6 heteroatoms. The van der Waals surface area contributed by atoms with Crippen LogP contribution in [0, 0.1) is 0 Å². The second-order valence-corrected chi connectivity index (χ2v) is 5.43. The molecule has 0 spiro atoms. The molecule has 20 heavy (non-hydrogen) atoms. The Labute approximate surface area is 117 Å². The number of furan rings is 1. The Kier molecular flexibility index (Phi) is 3.30. The molecule has 0 aromatic carbocycles. The first kappa shape index (κ1) is 12.9. The number of aromatic nitrogens is 3. The van der Waals surface area contributed by atoms with Gasteiger partial charge in [0.05, 0.1) is 12.3 Å². The molecular weight excluding hydrogens is 254 g/mol. The van der Waals surface area contributed by atoms with Gasteiger partial charge in [-0.3, -0.25) is 0 Å². The predicted octanol–water partition coefficient (Wildman–Crippen LogP) is 2.66. The van der Waals surface area contributed by atoms with E-state index in [1.54, 1.807) is 6.26 Å². The maximum absolute atomic E-state index is 5.75. The Balaban J connectivity index is 1.86. The zero-order valence-electron chi connectivity index (χ0n) is 11.8. The fourth-order valence-corrected chi connectivity index (χ4v) is 2.51. The average Bonchev–Trinajstić information content (AvgIpc) is 2.87. The molecule has 3 N–H and O–H groups in total. The minimum Gasteiger partial charge on any atom is -0.467 e. The normalized spacial score (nSPS) is 18.1. The third-order valence-electron chi connectivity index (χ3n) is 3.53. The average molecular weight is 273 g/mol. The molecule has 1 aliphatic carbocycles. The topological polar surface area (TPSA) is 89.9 Å². The molecule has 0 saturated heterocycles. The van der Waals surface area contributed by atoms with Gasteiger partial charge in [-0.25, -0.2) is 0 Å². The van der Waals surface area contributed by atoms with E-state index in [0.717, 1.165) is 25.0 Å². The van der Waals surface area contributed by atoms with E-state index >= 15 is 0 Å². The van der Waals surface area contributed by atoms with Crippen LogP contribution in [0.25, 0.3) is 0 Å². The van der Waals surface area contributed by atoms with E-state index < -0.39 is 0 Å². The highest BCUT2D eigenvalue weighted by Crippen LogP contribution is 2.32. The lowest BCUT2D eigenvalue weighted by Crippen LogP contribution is -2.19. The first-order valence-corrected chi connectivity index (χ1v) is 6.97. The van der Waals surface area contributed by atoms with Crippen LogP contribution < -0.4 is 11.1 Å². The molecule has 0 amide bonds. The molecule has 0 radical (unpaired) electrons. The molecule has 1 aliphatic rings. The van der Waals surface area contributed by atoms with E-state index in [9.17, 15) is 0 Å². The van der Waals surface area contributed by atoms with Gasteiger partial charge in [0.25, 0.3) is 0 Å². The highest BCUT2D eigenvalue weighted by atomic mass is 16.3. The fraction of sp³-hybridized carbons (Fsp3) is 0.500. The first-order chi connectivity index (χ1) is 9.63. The summed E-state index contributed by atoms with van der Waals surface area (Å²) < 4.78 is 5.58. The summed E-state index contributed by atoms with van der Waals surface area (Å²) >= 11 is 0. The number of hydrogen-bond acceptors (Lipinski definition) is 6. The van der Waals surface area contributed by atoms with Crippen molar-refractivity contribution in [3.63, 3.8) is 0 Å². The first-order valence-electron chi connectivity index (χ1n) is 6.97. The van der Waals surface area contributed by atoms with Crippen LogP contribution in [0.3, 0.4) is 0 Å². The zero-order chi connectivity index (χ0) is 14.1.